The Morgan fingerprint density at radius 3 is 2.33 bits per heavy atom. The van der Waals surface area contributed by atoms with Gasteiger partial charge in [-0.3, -0.25) is 9.67 Å². The summed E-state index contributed by atoms with van der Waals surface area (Å²) in [4.78, 5) is 0. The zero-order chi connectivity index (χ0) is 17.3. The van der Waals surface area contributed by atoms with Crippen molar-refractivity contribution in [3.8, 4) is 28.6 Å². The first-order chi connectivity index (χ1) is 11.6. The smallest absolute Gasteiger partial charge is 0.200 e. The summed E-state index contributed by atoms with van der Waals surface area (Å²) in [5.41, 5.74) is 3.83. The predicted octanol–water partition coefficient (Wildman–Crippen LogP) is 4.13. The molecule has 0 aliphatic carbocycles. The van der Waals surface area contributed by atoms with Crippen molar-refractivity contribution in [3.05, 3.63) is 52.3 Å². The maximum absolute atomic E-state index is 10.2. The van der Waals surface area contributed by atoms with E-state index >= 15 is 0 Å². The maximum atomic E-state index is 10.2. The molecule has 24 heavy (non-hydrogen) atoms. The van der Waals surface area contributed by atoms with Gasteiger partial charge in [0.1, 0.15) is 11.5 Å². The van der Waals surface area contributed by atoms with E-state index < -0.39 is 0 Å². The first kappa shape index (κ1) is 16.3. The molecular weight excluding hydrogens is 322 g/mol. The van der Waals surface area contributed by atoms with Gasteiger partial charge in [0.2, 0.25) is 0 Å². The molecule has 0 spiro atoms. The molecule has 6 heteroatoms. The monoisotopic (exact) mass is 341 g/mol. The third-order valence-corrected chi connectivity index (χ3v) is 4.36. The van der Waals surface area contributed by atoms with Crippen LogP contribution in [0.4, 0.5) is 0 Å². The van der Waals surface area contributed by atoms with Crippen molar-refractivity contribution in [3.63, 3.8) is 0 Å². The van der Waals surface area contributed by atoms with E-state index in [4.69, 9.17) is 12.2 Å². The van der Waals surface area contributed by atoms with Gasteiger partial charge in [-0.2, -0.15) is 5.10 Å². The number of aryl methyl sites for hydroxylation is 2. The van der Waals surface area contributed by atoms with Crippen molar-refractivity contribution in [2.24, 2.45) is 0 Å². The molecule has 0 saturated carbocycles. The van der Waals surface area contributed by atoms with E-state index in [0.29, 0.717) is 16.2 Å². The molecule has 0 saturated heterocycles. The van der Waals surface area contributed by atoms with Gasteiger partial charge in [0.25, 0.3) is 0 Å². The highest BCUT2D eigenvalue weighted by molar-refractivity contribution is 7.71. The second-order valence-electron chi connectivity index (χ2n) is 5.52. The zero-order valence-corrected chi connectivity index (χ0v) is 14.4. The van der Waals surface area contributed by atoms with Gasteiger partial charge >= 0.3 is 0 Å². The Kier molecular flexibility index (Phi) is 4.40. The molecular formula is C18H19N3O2S. The summed E-state index contributed by atoms with van der Waals surface area (Å²) in [6.45, 7) is 4.19. The highest BCUT2D eigenvalue weighted by Crippen LogP contribution is 2.34. The Hall–Kier alpha value is -2.60. The van der Waals surface area contributed by atoms with Gasteiger partial charge in [-0.15, -0.1) is 0 Å². The number of aromatic hydroxyl groups is 2. The summed E-state index contributed by atoms with van der Waals surface area (Å²) in [6.07, 6.45) is 1.72. The quantitative estimate of drug-likeness (QED) is 0.624. The molecule has 3 aromatic rings. The second-order valence-corrected chi connectivity index (χ2v) is 5.91. The lowest BCUT2D eigenvalue weighted by molar-refractivity contribution is 0.451. The van der Waals surface area contributed by atoms with Crippen molar-refractivity contribution in [1.29, 1.82) is 0 Å². The minimum absolute atomic E-state index is 0.000128. The van der Waals surface area contributed by atoms with Gasteiger partial charge in [0, 0.05) is 6.07 Å². The fourth-order valence-electron chi connectivity index (χ4n) is 2.90. The number of phenols is 2. The molecule has 5 nitrogen and oxygen atoms in total. The number of benzene rings is 2. The third-order valence-electron chi connectivity index (χ3n) is 4.08. The van der Waals surface area contributed by atoms with E-state index in [-0.39, 0.29) is 11.5 Å². The number of phenolic OH excluding ortho intramolecular Hbond substituents is 2. The fraction of sp³-hybridized carbons (Fsp3) is 0.222. The summed E-state index contributed by atoms with van der Waals surface area (Å²) in [6, 6.07) is 10.6. The third kappa shape index (κ3) is 2.69. The molecule has 0 bridgehead atoms. The maximum Gasteiger partial charge on any atom is 0.200 e. The van der Waals surface area contributed by atoms with Gasteiger partial charge < -0.3 is 10.2 Å². The van der Waals surface area contributed by atoms with E-state index in [1.54, 1.807) is 6.07 Å². The molecule has 124 valence electrons. The number of nitrogens with one attached hydrogen (secondary N) is 1. The summed E-state index contributed by atoms with van der Waals surface area (Å²) in [7, 11) is 0. The van der Waals surface area contributed by atoms with Gasteiger partial charge in [-0.05, 0) is 48.3 Å². The Balaban J connectivity index is 2.32. The highest BCUT2D eigenvalue weighted by atomic mass is 32.1. The Morgan fingerprint density at radius 1 is 1.08 bits per heavy atom. The molecule has 0 atom stereocenters. The normalized spacial score (nSPS) is 10.9. The van der Waals surface area contributed by atoms with Crippen molar-refractivity contribution in [1.82, 2.24) is 14.8 Å². The Morgan fingerprint density at radius 2 is 1.75 bits per heavy atom. The lowest BCUT2D eigenvalue weighted by atomic mass is 10.0. The molecule has 0 aliphatic heterocycles. The average molecular weight is 341 g/mol. The number of hydrogen-bond donors (Lipinski definition) is 3. The van der Waals surface area contributed by atoms with Crippen molar-refractivity contribution in [2.75, 3.05) is 0 Å². The Labute approximate surface area is 145 Å². The van der Waals surface area contributed by atoms with Gasteiger partial charge in [-0.25, -0.2) is 0 Å². The van der Waals surface area contributed by atoms with E-state index in [9.17, 15) is 10.2 Å². The van der Waals surface area contributed by atoms with Crippen LogP contribution < -0.4 is 0 Å². The first-order valence-corrected chi connectivity index (χ1v) is 8.28. The van der Waals surface area contributed by atoms with Crippen LogP contribution in [0, 0.1) is 4.77 Å². The second kappa shape index (κ2) is 6.49. The number of H-pyrrole nitrogens is 1. The van der Waals surface area contributed by atoms with E-state index in [1.165, 1.54) is 12.1 Å². The molecule has 3 rings (SSSR count). The number of aromatic amines is 1. The van der Waals surface area contributed by atoms with Crippen LogP contribution in [0.15, 0.2) is 36.4 Å². The highest BCUT2D eigenvalue weighted by Gasteiger charge is 2.18. The van der Waals surface area contributed by atoms with Crippen molar-refractivity contribution < 1.29 is 10.2 Å². The van der Waals surface area contributed by atoms with Crippen molar-refractivity contribution in [2.45, 2.75) is 26.7 Å². The Bertz CT molecular complexity index is 921. The molecule has 0 amide bonds. The van der Waals surface area contributed by atoms with Crippen LogP contribution in [0.5, 0.6) is 11.5 Å². The molecule has 2 aromatic carbocycles. The first-order valence-electron chi connectivity index (χ1n) is 7.87. The number of rotatable bonds is 4. The molecule has 0 unspecified atom stereocenters. The van der Waals surface area contributed by atoms with Crippen LogP contribution in [-0.4, -0.2) is 25.0 Å². The van der Waals surface area contributed by atoms with Crippen LogP contribution in [-0.2, 0) is 12.8 Å². The van der Waals surface area contributed by atoms with Gasteiger partial charge in [-0.1, -0.05) is 32.0 Å². The van der Waals surface area contributed by atoms with Crippen LogP contribution >= 0.6 is 12.2 Å². The van der Waals surface area contributed by atoms with E-state index in [1.807, 2.05) is 10.6 Å². The molecule has 0 fully saturated rings. The largest absolute Gasteiger partial charge is 0.508 e. The summed E-state index contributed by atoms with van der Waals surface area (Å²) in [5.74, 6) is 0.477. The predicted molar refractivity (Wildman–Crippen MR) is 96.3 cm³/mol. The summed E-state index contributed by atoms with van der Waals surface area (Å²) < 4.78 is 2.33. The standard InChI is InChI=1S/C18H19N3O2S/c1-3-11-6-5-7-12(4-2)16(11)21-17(19-20-18(21)24)14-9-8-13(22)10-15(14)23/h5-10,22-23H,3-4H2,1-2H3,(H,20,24). The zero-order valence-electron chi connectivity index (χ0n) is 13.6. The lowest BCUT2D eigenvalue weighted by Crippen LogP contribution is -2.06. The topological polar surface area (TPSA) is 74.1 Å². The fourth-order valence-corrected chi connectivity index (χ4v) is 3.12. The molecule has 1 heterocycles. The van der Waals surface area contributed by atoms with E-state index in [2.05, 4.69) is 36.2 Å². The van der Waals surface area contributed by atoms with E-state index in [0.717, 1.165) is 29.7 Å². The summed E-state index contributed by atoms with van der Waals surface area (Å²) in [5, 5.41) is 26.9. The van der Waals surface area contributed by atoms with Crippen molar-refractivity contribution >= 4 is 12.2 Å². The number of para-hydroxylation sites is 1. The molecule has 1 aromatic heterocycles. The molecule has 3 N–H and O–H groups in total. The van der Waals surface area contributed by atoms with Crippen LogP contribution in [0.3, 0.4) is 0 Å². The summed E-state index contributed by atoms with van der Waals surface area (Å²) >= 11 is 5.45. The SMILES string of the molecule is CCc1cccc(CC)c1-n1c(-c2ccc(O)cc2O)n[nH]c1=S. The number of nitrogens with zero attached hydrogens (tertiary/aromatic N) is 2. The van der Waals surface area contributed by atoms with Gasteiger partial charge in [0.05, 0.1) is 11.3 Å². The minimum Gasteiger partial charge on any atom is -0.508 e. The van der Waals surface area contributed by atoms with Crippen LogP contribution in [0.2, 0.25) is 0 Å². The van der Waals surface area contributed by atoms with Crippen LogP contribution in [0.1, 0.15) is 25.0 Å². The molecule has 0 aliphatic rings. The number of aromatic nitrogens is 3. The van der Waals surface area contributed by atoms with Gasteiger partial charge in [0.15, 0.2) is 10.6 Å². The van der Waals surface area contributed by atoms with Crippen LogP contribution in [0.25, 0.3) is 17.1 Å². The molecule has 0 radical (unpaired) electrons. The number of hydrogen-bond acceptors (Lipinski definition) is 4. The average Bonchev–Trinajstić information content (AvgIpc) is 2.95. The lowest BCUT2D eigenvalue weighted by Gasteiger charge is -2.16. The minimum atomic E-state index is -0.0442.